The van der Waals surface area contributed by atoms with Crippen molar-refractivity contribution in [3.8, 4) is 5.75 Å². The van der Waals surface area contributed by atoms with Crippen molar-refractivity contribution in [2.24, 2.45) is 5.41 Å². The molecule has 26 heavy (non-hydrogen) atoms. The number of rotatable bonds is 5. The van der Waals surface area contributed by atoms with Gasteiger partial charge in [0.2, 0.25) is 5.95 Å². The normalized spacial score (nSPS) is 22.9. The number of ether oxygens (including phenoxy) is 1. The van der Waals surface area contributed by atoms with Gasteiger partial charge in [0.1, 0.15) is 11.2 Å². The summed E-state index contributed by atoms with van der Waals surface area (Å²) in [5.74, 6) is -0.798. The highest BCUT2D eigenvalue weighted by atomic mass is 19.1. The van der Waals surface area contributed by atoms with E-state index in [1.165, 1.54) is 7.11 Å². The standard InChI is InChI=1S/C18H20FN3O4/c1-26-14-4-2-3-12(7-14)8-18(16(24)25)11-22(6-5-15(18)23)17-20-9-13(19)10-21-17/h2-4,7,9-10,15,23H,5-6,8,11H2,1H3,(H,24,25)/t15-,18-/m1/s1. The molecule has 1 aromatic heterocycles. The van der Waals surface area contributed by atoms with Gasteiger partial charge in [-0.25, -0.2) is 14.4 Å². The fourth-order valence-corrected chi connectivity index (χ4v) is 3.33. The average molecular weight is 361 g/mol. The molecule has 2 N–H and O–H groups in total. The Morgan fingerprint density at radius 1 is 1.42 bits per heavy atom. The minimum absolute atomic E-state index is 0.0202. The third kappa shape index (κ3) is 3.45. The molecule has 0 unspecified atom stereocenters. The van der Waals surface area contributed by atoms with Gasteiger partial charge in [0.15, 0.2) is 5.82 Å². The van der Waals surface area contributed by atoms with Gasteiger partial charge in [0.25, 0.3) is 0 Å². The molecule has 0 bridgehead atoms. The van der Waals surface area contributed by atoms with E-state index in [0.29, 0.717) is 12.3 Å². The Hall–Kier alpha value is -2.74. The van der Waals surface area contributed by atoms with Crippen molar-refractivity contribution in [1.29, 1.82) is 0 Å². The maximum atomic E-state index is 13.1. The lowest BCUT2D eigenvalue weighted by molar-refractivity contribution is -0.157. The Balaban J connectivity index is 1.91. The molecule has 0 radical (unpaired) electrons. The fourth-order valence-electron chi connectivity index (χ4n) is 3.33. The summed E-state index contributed by atoms with van der Waals surface area (Å²) in [7, 11) is 1.54. The number of aliphatic hydroxyl groups excluding tert-OH is 1. The first-order chi connectivity index (χ1) is 12.4. The Morgan fingerprint density at radius 2 is 2.15 bits per heavy atom. The van der Waals surface area contributed by atoms with E-state index >= 15 is 0 Å². The van der Waals surface area contributed by atoms with E-state index in [0.717, 1.165) is 18.0 Å². The molecule has 1 aliphatic heterocycles. The largest absolute Gasteiger partial charge is 0.497 e. The van der Waals surface area contributed by atoms with E-state index in [4.69, 9.17) is 4.74 Å². The number of carbonyl (C=O) groups is 1. The molecule has 0 aliphatic carbocycles. The van der Waals surface area contributed by atoms with Gasteiger partial charge in [-0.15, -0.1) is 0 Å². The lowest BCUT2D eigenvalue weighted by Gasteiger charge is -2.43. The Morgan fingerprint density at radius 3 is 2.81 bits per heavy atom. The number of aliphatic hydroxyl groups is 1. The maximum absolute atomic E-state index is 13.1. The van der Waals surface area contributed by atoms with E-state index in [1.807, 2.05) is 0 Å². The third-order valence-electron chi connectivity index (χ3n) is 4.75. The number of hydrogen-bond donors (Lipinski definition) is 2. The summed E-state index contributed by atoms with van der Waals surface area (Å²) in [6, 6.07) is 7.10. The number of benzene rings is 1. The number of aromatic nitrogens is 2. The molecule has 1 saturated heterocycles. The van der Waals surface area contributed by atoms with E-state index in [-0.39, 0.29) is 25.3 Å². The number of nitrogens with zero attached hydrogens (tertiary/aromatic N) is 3. The monoisotopic (exact) mass is 361 g/mol. The van der Waals surface area contributed by atoms with Gasteiger partial charge in [0, 0.05) is 13.1 Å². The zero-order chi connectivity index (χ0) is 18.7. The Labute approximate surface area is 150 Å². The molecule has 1 aliphatic rings. The van der Waals surface area contributed by atoms with Crippen LogP contribution in [0, 0.1) is 11.2 Å². The average Bonchev–Trinajstić information content (AvgIpc) is 2.64. The molecule has 2 aromatic rings. The van der Waals surface area contributed by atoms with Crippen LogP contribution < -0.4 is 9.64 Å². The van der Waals surface area contributed by atoms with E-state index in [2.05, 4.69) is 9.97 Å². The Kier molecular flexibility index (Phi) is 5.03. The van der Waals surface area contributed by atoms with Crippen molar-refractivity contribution < 1.29 is 24.1 Å². The van der Waals surface area contributed by atoms with Crippen LogP contribution in [0.15, 0.2) is 36.7 Å². The van der Waals surface area contributed by atoms with Crippen molar-refractivity contribution in [2.75, 3.05) is 25.1 Å². The number of hydrogen-bond acceptors (Lipinski definition) is 6. The summed E-state index contributed by atoms with van der Waals surface area (Å²) in [6.45, 7) is 0.409. The van der Waals surface area contributed by atoms with Crippen LogP contribution in [0.1, 0.15) is 12.0 Å². The van der Waals surface area contributed by atoms with Gasteiger partial charge >= 0.3 is 5.97 Å². The summed E-state index contributed by atoms with van der Waals surface area (Å²) < 4.78 is 18.3. The van der Waals surface area contributed by atoms with Gasteiger partial charge in [-0.1, -0.05) is 12.1 Å². The number of aliphatic carboxylic acids is 1. The third-order valence-corrected chi connectivity index (χ3v) is 4.75. The first kappa shape index (κ1) is 18.1. The van der Waals surface area contributed by atoms with Crippen LogP contribution in [0.25, 0.3) is 0 Å². The molecule has 0 spiro atoms. The van der Waals surface area contributed by atoms with Gasteiger partial charge < -0.3 is 19.8 Å². The minimum atomic E-state index is -1.43. The zero-order valence-electron chi connectivity index (χ0n) is 14.3. The van der Waals surface area contributed by atoms with E-state index in [9.17, 15) is 19.4 Å². The molecule has 3 rings (SSSR count). The second kappa shape index (κ2) is 7.25. The lowest BCUT2D eigenvalue weighted by atomic mass is 9.73. The highest BCUT2D eigenvalue weighted by molar-refractivity contribution is 5.77. The number of carboxylic acids is 1. The van der Waals surface area contributed by atoms with Gasteiger partial charge in [-0.3, -0.25) is 4.79 Å². The molecule has 1 aromatic carbocycles. The van der Waals surface area contributed by atoms with Crippen molar-refractivity contribution in [1.82, 2.24) is 9.97 Å². The van der Waals surface area contributed by atoms with Crippen LogP contribution in [-0.4, -0.2) is 52.5 Å². The van der Waals surface area contributed by atoms with E-state index in [1.54, 1.807) is 29.2 Å². The van der Waals surface area contributed by atoms with Crippen LogP contribution in [0.3, 0.4) is 0 Å². The van der Waals surface area contributed by atoms with Crippen LogP contribution in [-0.2, 0) is 11.2 Å². The van der Waals surface area contributed by atoms with Crippen molar-refractivity contribution in [3.05, 3.63) is 48.0 Å². The lowest BCUT2D eigenvalue weighted by Crippen LogP contribution is -2.57. The summed E-state index contributed by atoms with van der Waals surface area (Å²) >= 11 is 0. The first-order valence-corrected chi connectivity index (χ1v) is 8.21. The molecule has 2 heterocycles. The highest BCUT2D eigenvalue weighted by Crippen LogP contribution is 2.36. The van der Waals surface area contributed by atoms with Gasteiger partial charge in [-0.2, -0.15) is 0 Å². The quantitative estimate of drug-likeness (QED) is 0.833. The maximum Gasteiger partial charge on any atom is 0.314 e. The predicted octanol–water partition coefficient (Wildman–Crippen LogP) is 1.51. The van der Waals surface area contributed by atoms with Crippen LogP contribution in [0.2, 0.25) is 0 Å². The van der Waals surface area contributed by atoms with Crippen molar-refractivity contribution in [2.45, 2.75) is 18.9 Å². The predicted molar refractivity (Wildman–Crippen MR) is 91.6 cm³/mol. The molecular weight excluding hydrogens is 341 g/mol. The molecule has 0 amide bonds. The van der Waals surface area contributed by atoms with Crippen LogP contribution in [0.5, 0.6) is 5.75 Å². The second-order valence-corrected chi connectivity index (χ2v) is 6.42. The number of halogens is 1. The molecule has 2 atom stereocenters. The smallest absolute Gasteiger partial charge is 0.314 e. The second-order valence-electron chi connectivity index (χ2n) is 6.42. The number of piperidine rings is 1. The molecule has 8 heteroatoms. The summed E-state index contributed by atoms with van der Waals surface area (Å²) in [6.07, 6.45) is 1.42. The van der Waals surface area contributed by atoms with Crippen molar-refractivity contribution >= 4 is 11.9 Å². The Bertz CT molecular complexity index is 786. The number of anilines is 1. The SMILES string of the molecule is COc1cccc(C[C@@]2(C(=O)O)CN(c3ncc(F)cn3)CC[C@H]2O)c1. The van der Waals surface area contributed by atoms with Crippen LogP contribution in [0.4, 0.5) is 10.3 Å². The topological polar surface area (TPSA) is 95.8 Å². The van der Waals surface area contributed by atoms with E-state index < -0.39 is 23.3 Å². The van der Waals surface area contributed by atoms with Crippen LogP contribution >= 0.6 is 0 Å². The summed E-state index contributed by atoms with van der Waals surface area (Å²) in [4.78, 5) is 21.7. The fraction of sp³-hybridized carbons (Fsp3) is 0.389. The zero-order valence-corrected chi connectivity index (χ0v) is 14.3. The molecule has 7 nitrogen and oxygen atoms in total. The molecule has 0 saturated carbocycles. The molecule has 1 fully saturated rings. The number of carboxylic acid groups (broad SMARTS) is 1. The highest BCUT2D eigenvalue weighted by Gasteiger charge is 2.49. The minimum Gasteiger partial charge on any atom is -0.497 e. The van der Waals surface area contributed by atoms with Gasteiger partial charge in [0.05, 0.1) is 25.6 Å². The first-order valence-electron chi connectivity index (χ1n) is 8.21. The summed E-state index contributed by atoms with van der Waals surface area (Å²) in [5.41, 5.74) is -0.685. The molecule has 138 valence electrons. The summed E-state index contributed by atoms with van der Waals surface area (Å²) in [5, 5.41) is 20.5. The molecular formula is C18H20FN3O4. The van der Waals surface area contributed by atoms with Gasteiger partial charge in [-0.05, 0) is 30.5 Å². The number of methoxy groups -OCH3 is 1. The van der Waals surface area contributed by atoms with Crippen molar-refractivity contribution in [3.63, 3.8) is 0 Å².